The van der Waals surface area contributed by atoms with E-state index in [4.69, 9.17) is 0 Å². The maximum Gasteiger partial charge on any atom is 0.416 e. The van der Waals surface area contributed by atoms with Gasteiger partial charge in [-0.3, -0.25) is 4.79 Å². The molecule has 6 heteroatoms. The van der Waals surface area contributed by atoms with E-state index in [1.807, 2.05) is 35.8 Å². The predicted octanol–water partition coefficient (Wildman–Crippen LogP) is 5.69. The van der Waals surface area contributed by atoms with Crippen LogP contribution < -0.4 is 0 Å². The number of aryl methyl sites for hydroxylation is 1. The van der Waals surface area contributed by atoms with Gasteiger partial charge in [0.2, 0.25) is 0 Å². The molecule has 1 amide bonds. The van der Waals surface area contributed by atoms with Gasteiger partial charge in [0, 0.05) is 30.5 Å². The molecular weight excluding hydrogens is 389 g/mol. The van der Waals surface area contributed by atoms with Crippen molar-refractivity contribution in [2.45, 2.75) is 26.2 Å². The Morgan fingerprint density at radius 1 is 1.10 bits per heavy atom. The summed E-state index contributed by atoms with van der Waals surface area (Å²) < 4.78 is 40.8. The number of hydrogen-bond acceptors (Lipinski definition) is 1. The summed E-state index contributed by atoms with van der Waals surface area (Å²) in [5, 5.41) is 0. The van der Waals surface area contributed by atoms with Crippen molar-refractivity contribution in [1.29, 1.82) is 0 Å². The maximum absolute atomic E-state index is 13.0. The molecule has 0 fully saturated rings. The summed E-state index contributed by atoms with van der Waals surface area (Å²) in [5.41, 5.74) is 2.35. The molecule has 3 rings (SSSR count). The Bertz CT molecular complexity index is 1020. The molecule has 1 heterocycles. The number of nitrogens with zero attached hydrogens (tertiary/aromatic N) is 2. The molecule has 3 aromatic rings. The van der Waals surface area contributed by atoms with Gasteiger partial charge in [-0.05, 0) is 48.9 Å². The Labute approximate surface area is 174 Å². The molecule has 0 radical (unpaired) electrons. The highest BCUT2D eigenvalue weighted by Crippen LogP contribution is 2.29. The minimum absolute atomic E-state index is 0.123. The van der Waals surface area contributed by atoms with E-state index in [1.165, 1.54) is 6.07 Å². The fourth-order valence-corrected chi connectivity index (χ4v) is 3.24. The Hall–Kier alpha value is -3.28. The molecule has 30 heavy (non-hydrogen) atoms. The van der Waals surface area contributed by atoms with Crippen LogP contribution in [0.25, 0.3) is 0 Å². The molecule has 0 saturated carbocycles. The highest BCUT2D eigenvalue weighted by molar-refractivity contribution is 5.94. The van der Waals surface area contributed by atoms with Crippen molar-refractivity contribution in [3.05, 3.63) is 107 Å². The zero-order chi connectivity index (χ0) is 21.7. The van der Waals surface area contributed by atoms with Crippen molar-refractivity contribution >= 4 is 5.91 Å². The van der Waals surface area contributed by atoms with E-state index in [0.29, 0.717) is 24.2 Å². The fraction of sp³-hybridized carbons (Fsp3) is 0.208. The second kappa shape index (κ2) is 9.03. The molecule has 0 atom stereocenters. The third kappa shape index (κ3) is 5.20. The van der Waals surface area contributed by atoms with E-state index in [9.17, 15) is 18.0 Å². The second-order valence-corrected chi connectivity index (χ2v) is 7.17. The summed E-state index contributed by atoms with van der Waals surface area (Å²) in [6.45, 7) is 6.66. The number of carbonyl (C=O) groups excluding carboxylic acids is 1. The molecule has 0 spiro atoms. The van der Waals surface area contributed by atoms with E-state index in [-0.39, 0.29) is 12.5 Å². The van der Waals surface area contributed by atoms with E-state index < -0.39 is 11.7 Å². The zero-order valence-electron chi connectivity index (χ0n) is 16.7. The first kappa shape index (κ1) is 21.4. The van der Waals surface area contributed by atoms with Crippen molar-refractivity contribution in [3.8, 4) is 0 Å². The van der Waals surface area contributed by atoms with Crippen molar-refractivity contribution in [1.82, 2.24) is 9.47 Å². The zero-order valence-corrected chi connectivity index (χ0v) is 16.7. The van der Waals surface area contributed by atoms with E-state index >= 15 is 0 Å². The average Bonchev–Trinajstić information content (AvgIpc) is 3.14. The molecule has 0 unspecified atom stereocenters. The molecule has 2 aromatic carbocycles. The summed E-state index contributed by atoms with van der Waals surface area (Å²) >= 11 is 0. The number of aromatic nitrogens is 1. The number of amides is 1. The highest BCUT2D eigenvalue weighted by atomic mass is 19.4. The Morgan fingerprint density at radius 2 is 1.83 bits per heavy atom. The summed E-state index contributed by atoms with van der Waals surface area (Å²) in [6, 6.07) is 16.3. The molecule has 156 valence electrons. The smallest absolute Gasteiger partial charge is 0.345 e. The summed E-state index contributed by atoms with van der Waals surface area (Å²) in [7, 11) is 0. The van der Waals surface area contributed by atoms with Crippen LogP contribution in [-0.4, -0.2) is 21.9 Å². The number of halogens is 3. The average molecular weight is 412 g/mol. The quantitative estimate of drug-likeness (QED) is 0.458. The van der Waals surface area contributed by atoms with Crippen LogP contribution in [0.3, 0.4) is 0 Å². The van der Waals surface area contributed by atoms with Crippen LogP contribution in [0.5, 0.6) is 0 Å². The van der Waals surface area contributed by atoms with Crippen LogP contribution in [0.4, 0.5) is 13.2 Å². The first-order valence-electron chi connectivity index (χ1n) is 9.55. The molecule has 0 aliphatic heterocycles. The van der Waals surface area contributed by atoms with Gasteiger partial charge in [0.1, 0.15) is 0 Å². The SMILES string of the molecule is C=CCN(Cc1cccn1Cc1cccc(C(F)(F)F)c1)C(=O)c1ccc(C)cc1. The number of alkyl halides is 3. The maximum atomic E-state index is 13.0. The van der Waals surface area contributed by atoms with Gasteiger partial charge in [-0.25, -0.2) is 0 Å². The molecule has 0 saturated heterocycles. The lowest BCUT2D eigenvalue weighted by atomic mass is 10.1. The molecule has 0 bridgehead atoms. The molecule has 0 aliphatic rings. The standard InChI is InChI=1S/C24H23F3N2O/c1-3-13-29(23(30)20-11-9-18(2)10-12-20)17-22-8-5-14-28(22)16-19-6-4-7-21(15-19)24(25,26)27/h3-12,14-15H,1,13,16-17H2,2H3. The van der Waals surface area contributed by atoms with E-state index in [2.05, 4.69) is 6.58 Å². The first-order chi connectivity index (χ1) is 14.3. The largest absolute Gasteiger partial charge is 0.416 e. The lowest BCUT2D eigenvalue weighted by Gasteiger charge is -2.22. The van der Waals surface area contributed by atoms with Gasteiger partial charge < -0.3 is 9.47 Å². The lowest BCUT2D eigenvalue weighted by Crippen LogP contribution is -2.31. The van der Waals surface area contributed by atoms with Crippen molar-refractivity contribution in [2.75, 3.05) is 6.54 Å². The van der Waals surface area contributed by atoms with Crippen LogP contribution in [0.2, 0.25) is 0 Å². The van der Waals surface area contributed by atoms with E-state index in [0.717, 1.165) is 23.4 Å². The van der Waals surface area contributed by atoms with Gasteiger partial charge in [-0.15, -0.1) is 6.58 Å². The number of benzene rings is 2. The first-order valence-corrected chi connectivity index (χ1v) is 9.55. The van der Waals surface area contributed by atoms with Crippen LogP contribution in [0.15, 0.2) is 79.5 Å². The van der Waals surface area contributed by atoms with E-state index in [1.54, 1.807) is 35.4 Å². The molecule has 1 aromatic heterocycles. The van der Waals surface area contributed by atoms with Crippen molar-refractivity contribution in [2.24, 2.45) is 0 Å². The van der Waals surface area contributed by atoms with Crippen LogP contribution in [0.1, 0.15) is 32.7 Å². The van der Waals surface area contributed by atoms with Crippen LogP contribution in [0, 0.1) is 6.92 Å². The third-order valence-electron chi connectivity index (χ3n) is 4.82. The minimum Gasteiger partial charge on any atom is -0.345 e. The predicted molar refractivity (Wildman–Crippen MR) is 111 cm³/mol. The topological polar surface area (TPSA) is 25.2 Å². The Kier molecular flexibility index (Phi) is 6.45. The summed E-state index contributed by atoms with van der Waals surface area (Å²) in [5.74, 6) is -0.123. The van der Waals surface area contributed by atoms with Crippen molar-refractivity contribution in [3.63, 3.8) is 0 Å². The fourth-order valence-electron chi connectivity index (χ4n) is 3.24. The van der Waals surface area contributed by atoms with Gasteiger partial charge in [-0.2, -0.15) is 13.2 Å². The Balaban J connectivity index is 1.80. The highest BCUT2D eigenvalue weighted by Gasteiger charge is 2.30. The molecule has 0 N–H and O–H groups in total. The van der Waals surface area contributed by atoms with Gasteiger partial charge in [0.25, 0.3) is 5.91 Å². The normalized spacial score (nSPS) is 11.3. The number of hydrogen-bond donors (Lipinski definition) is 0. The van der Waals surface area contributed by atoms with Gasteiger partial charge >= 0.3 is 6.18 Å². The van der Waals surface area contributed by atoms with Crippen LogP contribution in [-0.2, 0) is 19.3 Å². The molecular formula is C24H23F3N2O. The minimum atomic E-state index is -4.38. The lowest BCUT2D eigenvalue weighted by molar-refractivity contribution is -0.137. The second-order valence-electron chi connectivity index (χ2n) is 7.17. The van der Waals surface area contributed by atoms with Crippen LogP contribution >= 0.6 is 0 Å². The monoisotopic (exact) mass is 412 g/mol. The molecule has 0 aliphatic carbocycles. The van der Waals surface area contributed by atoms with Gasteiger partial charge in [0.15, 0.2) is 0 Å². The number of rotatable bonds is 7. The number of carbonyl (C=O) groups is 1. The Morgan fingerprint density at radius 3 is 2.50 bits per heavy atom. The molecule has 3 nitrogen and oxygen atoms in total. The van der Waals surface area contributed by atoms with Gasteiger partial charge in [-0.1, -0.05) is 35.9 Å². The van der Waals surface area contributed by atoms with Crippen molar-refractivity contribution < 1.29 is 18.0 Å². The third-order valence-corrected chi connectivity index (χ3v) is 4.82. The summed E-state index contributed by atoms with van der Waals surface area (Å²) in [4.78, 5) is 14.6. The van der Waals surface area contributed by atoms with Gasteiger partial charge in [0.05, 0.1) is 12.1 Å². The summed E-state index contributed by atoms with van der Waals surface area (Å²) in [6.07, 6.45) is -0.916.